The van der Waals surface area contributed by atoms with Crippen LogP contribution in [0.4, 0.5) is 0 Å². The van der Waals surface area contributed by atoms with Crippen LogP contribution in [0.5, 0.6) is 0 Å². The molecule has 0 heterocycles. The van der Waals surface area contributed by atoms with Crippen molar-refractivity contribution in [1.82, 2.24) is 0 Å². The van der Waals surface area contributed by atoms with Crippen LogP contribution < -0.4 is 0 Å². The summed E-state index contributed by atoms with van der Waals surface area (Å²) in [4.78, 5) is 0. The molecule has 32 heavy (non-hydrogen) atoms. The first-order valence-corrected chi connectivity index (χ1v) is 24.3. The van der Waals surface area contributed by atoms with Gasteiger partial charge in [-0.15, -0.1) is 0 Å². The summed E-state index contributed by atoms with van der Waals surface area (Å²) in [5.41, 5.74) is 5.02. The number of hydrogen-bond acceptors (Lipinski definition) is 0. The van der Waals surface area contributed by atoms with Crippen molar-refractivity contribution in [2.45, 2.75) is 70.2 Å². The van der Waals surface area contributed by atoms with Gasteiger partial charge in [0.05, 0.1) is 0 Å². The van der Waals surface area contributed by atoms with Crippen LogP contribution in [0.15, 0.2) is 91.0 Å². The van der Waals surface area contributed by atoms with Gasteiger partial charge in [-0.05, 0) is 0 Å². The van der Waals surface area contributed by atoms with Crippen molar-refractivity contribution in [3.8, 4) is 0 Å². The summed E-state index contributed by atoms with van der Waals surface area (Å²) in [7, 11) is 0. The first kappa shape index (κ1) is 25.9. The molecule has 0 unspecified atom stereocenters. The van der Waals surface area contributed by atoms with E-state index in [-0.39, 0.29) is 16.2 Å². The van der Waals surface area contributed by atoms with E-state index in [4.69, 9.17) is 0 Å². The normalized spacial score (nSPS) is 13.2. The minimum atomic E-state index is -2.69. The minimum absolute atomic E-state index is 0.193. The van der Waals surface area contributed by atoms with Crippen LogP contribution in [-0.2, 0) is 32.3 Å². The standard InChI is InChI=1S/3C10H13.HI.Zr/c3*1-10(2,3)9-7-5-4-6-8-9;;/h3*4-8H,1H2,2-3H3;1H;/q;;;;+1/p-1. The number of hydrogen-bond donors (Lipinski definition) is 0. The number of rotatable bonds is 9. The molecule has 0 spiro atoms. The fourth-order valence-electron chi connectivity index (χ4n) is 5.54. The molecule has 3 aromatic carbocycles. The molecule has 3 aromatic rings. The van der Waals surface area contributed by atoms with Crippen molar-refractivity contribution >= 4 is 18.0 Å². The molecule has 0 amide bonds. The topological polar surface area (TPSA) is 0 Å². The first-order valence-electron chi connectivity index (χ1n) is 11.8. The number of halogens is 1. The van der Waals surface area contributed by atoms with Crippen molar-refractivity contribution in [3.05, 3.63) is 108 Å². The van der Waals surface area contributed by atoms with Crippen molar-refractivity contribution in [1.29, 1.82) is 0 Å². The summed E-state index contributed by atoms with van der Waals surface area (Å²) in [6, 6.07) is 33.6. The zero-order valence-electron chi connectivity index (χ0n) is 20.7. The Labute approximate surface area is 210 Å². The molecule has 0 radical (unpaired) electrons. The van der Waals surface area contributed by atoms with E-state index in [1.807, 2.05) is 0 Å². The van der Waals surface area contributed by atoms with E-state index in [1.165, 1.54) is 29.1 Å². The Morgan fingerprint density at radius 3 is 0.906 bits per heavy atom. The second-order valence-corrected chi connectivity index (χ2v) is 33.2. The van der Waals surface area contributed by atoms with Crippen LogP contribution in [0, 0.1) is 0 Å². The van der Waals surface area contributed by atoms with Gasteiger partial charge in [0.1, 0.15) is 0 Å². The summed E-state index contributed by atoms with van der Waals surface area (Å²) in [6.45, 7) is 14.8. The SMILES string of the molecule is CC(C)([CH2][Zr]([I])([CH2]C(C)(C)c1ccccc1)[CH2]C(C)(C)c1ccccc1)c1ccccc1. The van der Waals surface area contributed by atoms with E-state index in [2.05, 4.69) is 151 Å². The quantitative estimate of drug-likeness (QED) is 0.210. The van der Waals surface area contributed by atoms with Gasteiger partial charge >= 0.3 is 212 Å². The van der Waals surface area contributed by atoms with E-state index in [0.29, 0.717) is 0 Å². The van der Waals surface area contributed by atoms with Gasteiger partial charge in [0, 0.05) is 0 Å². The van der Waals surface area contributed by atoms with Crippen LogP contribution in [0.3, 0.4) is 0 Å². The molecule has 0 atom stereocenters. The molecule has 2 heteroatoms. The molecule has 0 aliphatic rings. The summed E-state index contributed by atoms with van der Waals surface area (Å²) < 4.78 is 4.04. The Bertz CT molecular complexity index is 845. The summed E-state index contributed by atoms with van der Waals surface area (Å²) in [6.07, 6.45) is 0. The van der Waals surface area contributed by atoms with Gasteiger partial charge < -0.3 is 0 Å². The molecular weight excluding hydrogens is 578 g/mol. The van der Waals surface area contributed by atoms with E-state index in [0.717, 1.165) is 0 Å². The number of benzene rings is 3. The zero-order valence-corrected chi connectivity index (χ0v) is 25.3. The zero-order chi connectivity index (χ0) is 23.5. The third-order valence-electron chi connectivity index (χ3n) is 6.94. The maximum absolute atomic E-state index is 3.04. The Kier molecular flexibility index (Phi) is 8.30. The predicted molar refractivity (Wildman–Crippen MR) is 147 cm³/mol. The molecule has 0 N–H and O–H groups in total. The molecule has 0 aromatic heterocycles. The average molecular weight is 618 g/mol. The molecule has 0 saturated carbocycles. The van der Waals surface area contributed by atoms with E-state index >= 15 is 0 Å². The maximum atomic E-state index is 3.04. The molecule has 0 fully saturated rings. The Hall–Kier alpha value is -0.727. The molecule has 170 valence electrons. The van der Waals surface area contributed by atoms with E-state index in [1.54, 1.807) is 0 Å². The molecule has 0 aliphatic carbocycles. The first-order chi connectivity index (χ1) is 14.9. The molecule has 0 saturated heterocycles. The fourth-order valence-corrected chi connectivity index (χ4v) is 36.6. The van der Waals surface area contributed by atoms with Crippen LogP contribution in [0.25, 0.3) is 0 Å². The van der Waals surface area contributed by atoms with E-state index < -0.39 is 16.1 Å². The van der Waals surface area contributed by atoms with Gasteiger partial charge in [-0.2, -0.15) is 0 Å². The van der Waals surface area contributed by atoms with Crippen molar-refractivity contribution in [3.63, 3.8) is 0 Å². The van der Waals surface area contributed by atoms with Gasteiger partial charge in [0.15, 0.2) is 0 Å². The van der Waals surface area contributed by atoms with Gasteiger partial charge in [0.2, 0.25) is 0 Å². The second-order valence-electron chi connectivity index (χ2n) is 11.4. The van der Waals surface area contributed by atoms with Crippen LogP contribution in [0.1, 0.15) is 58.2 Å². The third-order valence-corrected chi connectivity index (χ3v) is 24.9. The molecule has 3 rings (SSSR count). The molecule has 0 nitrogen and oxygen atoms in total. The van der Waals surface area contributed by atoms with Crippen molar-refractivity contribution in [2.75, 3.05) is 0 Å². The summed E-state index contributed by atoms with van der Waals surface area (Å²) >= 11 is 0.350. The molecule has 0 aliphatic heterocycles. The monoisotopic (exact) mass is 616 g/mol. The second kappa shape index (κ2) is 10.3. The van der Waals surface area contributed by atoms with Gasteiger partial charge in [-0.1, -0.05) is 0 Å². The Morgan fingerprint density at radius 1 is 0.469 bits per heavy atom. The summed E-state index contributed by atoms with van der Waals surface area (Å²) in [5, 5.41) is 0. The average Bonchev–Trinajstić information content (AvgIpc) is 2.74. The molecule has 0 bridgehead atoms. The van der Waals surface area contributed by atoms with Crippen molar-refractivity contribution in [2.24, 2.45) is 0 Å². The molecular formula is C30H39IZr. The predicted octanol–water partition coefficient (Wildman–Crippen LogP) is 9.68. The van der Waals surface area contributed by atoms with Crippen LogP contribution in [-0.4, -0.2) is 0 Å². The fraction of sp³-hybridized carbons (Fsp3) is 0.400. The summed E-state index contributed by atoms with van der Waals surface area (Å²) in [5.74, 6) is 0. The van der Waals surface area contributed by atoms with Gasteiger partial charge in [0.25, 0.3) is 0 Å². The van der Waals surface area contributed by atoms with E-state index in [9.17, 15) is 0 Å². The Balaban J connectivity index is 1.98. The Morgan fingerprint density at radius 2 is 0.688 bits per heavy atom. The van der Waals surface area contributed by atoms with Crippen LogP contribution in [0.2, 0.25) is 12.4 Å². The van der Waals surface area contributed by atoms with Crippen molar-refractivity contribution < 1.29 is 16.1 Å². The third kappa shape index (κ3) is 6.66. The van der Waals surface area contributed by atoms with Crippen LogP contribution >= 0.6 is 18.0 Å². The van der Waals surface area contributed by atoms with Gasteiger partial charge in [-0.25, -0.2) is 0 Å². The van der Waals surface area contributed by atoms with Gasteiger partial charge in [-0.3, -0.25) is 0 Å².